The van der Waals surface area contributed by atoms with Crippen LogP contribution in [-0.4, -0.2) is 15.9 Å². The van der Waals surface area contributed by atoms with E-state index in [2.05, 4.69) is 11.9 Å². The molecule has 1 aromatic carbocycles. The lowest BCUT2D eigenvalue weighted by atomic mass is 10.1. The number of nitriles is 1. The summed E-state index contributed by atoms with van der Waals surface area (Å²) in [5.41, 5.74) is 0.865. The Kier molecular flexibility index (Phi) is 6.37. The molecule has 0 unspecified atom stereocenters. The van der Waals surface area contributed by atoms with Crippen molar-refractivity contribution < 1.29 is 5.11 Å². The fourth-order valence-corrected chi connectivity index (χ4v) is 2.73. The largest absolute Gasteiger partial charge is 0.494 e. The molecule has 0 aliphatic rings. The van der Waals surface area contributed by atoms with Gasteiger partial charge in [0.05, 0.1) is 16.3 Å². The molecule has 0 bridgehead atoms. The molecule has 0 saturated carbocycles. The highest BCUT2D eigenvalue weighted by atomic mass is 35.5. The monoisotopic (exact) mass is 357 g/mol. The molecule has 1 heterocycles. The minimum Gasteiger partial charge on any atom is -0.494 e. The number of unbranched alkanes of at least 4 members (excludes halogenated alkanes) is 2. The van der Waals surface area contributed by atoms with Crippen molar-refractivity contribution in [1.29, 1.82) is 5.26 Å². The predicted molar refractivity (Wildman–Crippen MR) is 100 cm³/mol. The zero-order valence-corrected chi connectivity index (χ0v) is 15.0. The molecule has 0 atom stereocenters. The molecule has 6 heteroatoms. The van der Waals surface area contributed by atoms with Gasteiger partial charge in [0.1, 0.15) is 11.6 Å². The Balaban J connectivity index is 2.53. The first-order valence-electron chi connectivity index (χ1n) is 8.16. The lowest BCUT2D eigenvalue weighted by Crippen LogP contribution is -2.25. The lowest BCUT2D eigenvalue weighted by molar-refractivity contribution is 0.398. The Morgan fingerprint density at radius 2 is 2.08 bits per heavy atom. The van der Waals surface area contributed by atoms with E-state index in [1.165, 1.54) is 10.8 Å². The number of aromatic nitrogens is 1. The van der Waals surface area contributed by atoms with Gasteiger partial charge in [-0.3, -0.25) is 14.4 Å². The maximum atomic E-state index is 12.4. The third-order valence-electron chi connectivity index (χ3n) is 4.02. The number of rotatable bonds is 6. The van der Waals surface area contributed by atoms with E-state index in [0.29, 0.717) is 28.4 Å². The Labute approximate surface area is 151 Å². The van der Waals surface area contributed by atoms with Crippen LogP contribution in [0, 0.1) is 18.3 Å². The van der Waals surface area contributed by atoms with Gasteiger partial charge in [-0.15, -0.1) is 0 Å². The Morgan fingerprint density at radius 1 is 1.36 bits per heavy atom. The van der Waals surface area contributed by atoms with E-state index in [1.807, 2.05) is 6.07 Å². The summed E-state index contributed by atoms with van der Waals surface area (Å²) in [5.74, 6) is -0.173. The van der Waals surface area contributed by atoms with Crippen molar-refractivity contribution in [2.45, 2.75) is 39.7 Å². The highest BCUT2D eigenvalue weighted by Gasteiger charge is 2.17. The first kappa shape index (κ1) is 18.8. The molecule has 0 aliphatic heterocycles. The van der Waals surface area contributed by atoms with Crippen molar-refractivity contribution in [3.63, 3.8) is 0 Å². The van der Waals surface area contributed by atoms with Gasteiger partial charge in [-0.25, -0.2) is 0 Å². The summed E-state index contributed by atoms with van der Waals surface area (Å²) >= 11 is 6.09. The lowest BCUT2D eigenvalue weighted by Gasteiger charge is -2.13. The molecule has 25 heavy (non-hydrogen) atoms. The van der Waals surface area contributed by atoms with Crippen LogP contribution in [0.4, 0.5) is 5.69 Å². The van der Waals surface area contributed by atoms with Gasteiger partial charge in [0.15, 0.2) is 0 Å². The second-order valence-corrected chi connectivity index (χ2v) is 6.13. The second kappa shape index (κ2) is 8.50. The summed E-state index contributed by atoms with van der Waals surface area (Å²) in [6.07, 6.45) is 4.12. The van der Waals surface area contributed by atoms with Crippen LogP contribution in [0.2, 0.25) is 5.02 Å². The minimum atomic E-state index is -0.469. The number of nitrogens with zero attached hydrogens (tertiary/aromatic N) is 3. The molecule has 0 radical (unpaired) electrons. The fraction of sp³-hybridized carbons (Fsp3) is 0.316. The highest BCUT2D eigenvalue weighted by Crippen LogP contribution is 2.25. The SMILES string of the molecule is CCCCCn1c(O)c(C=Nc2ccccc2Cl)c(C)c(C#N)c1=O. The van der Waals surface area contributed by atoms with Gasteiger partial charge >= 0.3 is 0 Å². The first-order valence-corrected chi connectivity index (χ1v) is 8.54. The molecular formula is C19H20ClN3O2. The quantitative estimate of drug-likeness (QED) is 0.617. The molecule has 0 amide bonds. The Morgan fingerprint density at radius 3 is 2.72 bits per heavy atom. The topological polar surface area (TPSA) is 78.4 Å². The molecule has 130 valence electrons. The number of aliphatic imine (C=N–C) groups is 1. The van der Waals surface area contributed by atoms with Crippen LogP contribution >= 0.6 is 11.6 Å². The van der Waals surface area contributed by atoms with Gasteiger partial charge in [-0.05, 0) is 31.0 Å². The molecule has 5 nitrogen and oxygen atoms in total. The van der Waals surface area contributed by atoms with Gasteiger partial charge in [0, 0.05) is 12.8 Å². The van der Waals surface area contributed by atoms with Gasteiger partial charge < -0.3 is 5.11 Å². The maximum absolute atomic E-state index is 12.4. The van der Waals surface area contributed by atoms with Crippen molar-refractivity contribution in [2.75, 3.05) is 0 Å². The molecule has 1 aromatic heterocycles. The van der Waals surface area contributed by atoms with Gasteiger partial charge in [-0.1, -0.05) is 43.5 Å². The van der Waals surface area contributed by atoms with E-state index >= 15 is 0 Å². The standard InChI is InChI=1S/C19H20ClN3O2/c1-3-4-7-10-23-18(24)14(11-21)13(2)15(19(23)25)12-22-17-9-6-5-8-16(17)20/h5-6,8-9,12,25H,3-4,7,10H2,1-2H3. The number of aromatic hydroxyl groups is 1. The molecule has 0 spiro atoms. The summed E-state index contributed by atoms with van der Waals surface area (Å²) < 4.78 is 1.25. The van der Waals surface area contributed by atoms with E-state index in [-0.39, 0.29) is 11.4 Å². The minimum absolute atomic E-state index is 0.0231. The molecule has 0 saturated heterocycles. The van der Waals surface area contributed by atoms with E-state index < -0.39 is 5.56 Å². The average Bonchev–Trinajstić information content (AvgIpc) is 2.59. The van der Waals surface area contributed by atoms with Gasteiger partial charge in [0.25, 0.3) is 5.56 Å². The normalized spacial score (nSPS) is 11.0. The zero-order chi connectivity index (χ0) is 18.4. The number of halogens is 1. The highest BCUT2D eigenvalue weighted by molar-refractivity contribution is 6.33. The molecule has 1 N–H and O–H groups in total. The second-order valence-electron chi connectivity index (χ2n) is 5.72. The maximum Gasteiger partial charge on any atom is 0.271 e. The van der Waals surface area contributed by atoms with Crippen LogP contribution in [0.5, 0.6) is 5.88 Å². The smallest absolute Gasteiger partial charge is 0.271 e. The van der Waals surface area contributed by atoms with Crippen molar-refractivity contribution >= 4 is 23.5 Å². The van der Waals surface area contributed by atoms with Crippen molar-refractivity contribution in [1.82, 2.24) is 4.57 Å². The summed E-state index contributed by atoms with van der Waals surface area (Å²) in [5, 5.41) is 20.4. The average molecular weight is 358 g/mol. The van der Waals surface area contributed by atoms with Crippen LogP contribution in [0.3, 0.4) is 0 Å². The third kappa shape index (κ3) is 4.09. The summed E-state index contributed by atoms with van der Waals surface area (Å²) in [4.78, 5) is 16.7. The van der Waals surface area contributed by atoms with Crippen LogP contribution in [-0.2, 0) is 6.54 Å². The van der Waals surface area contributed by atoms with Crippen molar-refractivity contribution in [2.24, 2.45) is 4.99 Å². The summed E-state index contributed by atoms with van der Waals surface area (Å²) in [6, 6.07) is 9.00. The van der Waals surface area contributed by atoms with Crippen LogP contribution < -0.4 is 5.56 Å². The van der Waals surface area contributed by atoms with E-state index in [1.54, 1.807) is 31.2 Å². The number of hydrogen-bond donors (Lipinski definition) is 1. The number of hydrogen-bond acceptors (Lipinski definition) is 4. The zero-order valence-electron chi connectivity index (χ0n) is 14.3. The fourth-order valence-electron chi connectivity index (χ4n) is 2.54. The van der Waals surface area contributed by atoms with Crippen molar-refractivity contribution in [3.05, 3.63) is 56.3 Å². The Bertz CT molecular complexity index is 895. The van der Waals surface area contributed by atoms with Crippen LogP contribution in [0.15, 0.2) is 34.1 Å². The Hall–Kier alpha value is -2.58. The predicted octanol–water partition coefficient (Wildman–Crippen LogP) is 4.33. The van der Waals surface area contributed by atoms with Gasteiger partial charge in [-0.2, -0.15) is 5.26 Å². The summed E-state index contributed by atoms with van der Waals surface area (Å²) in [7, 11) is 0. The number of benzene rings is 1. The third-order valence-corrected chi connectivity index (χ3v) is 4.34. The number of pyridine rings is 1. The van der Waals surface area contributed by atoms with E-state index in [0.717, 1.165) is 19.3 Å². The number of para-hydroxylation sites is 1. The van der Waals surface area contributed by atoms with Crippen LogP contribution in [0.25, 0.3) is 0 Å². The van der Waals surface area contributed by atoms with E-state index in [9.17, 15) is 15.2 Å². The molecule has 2 rings (SSSR count). The molecule has 0 fully saturated rings. The summed E-state index contributed by atoms with van der Waals surface area (Å²) in [6.45, 7) is 4.05. The van der Waals surface area contributed by atoms with Gasteiger partial charge in [0.2, 0.25) is 5.88 Å². The van der Waals surface area contributed by atoms with E-state index in [4.69, 9.17) is 11.6 Å². The van der Waals surface area contributed by atoms with Crippen LogP contribution in [0.1, 0.15) is 42.9 Å². The first-order chi connectivity index (χ1) is 12.0. The van der Waals surface area contributed by atoms with Crippen molar-refractivity contribution in [3.8, 4) is 11.9 Å². The molecule has 2 aromatic rings. The molecule has 0 aliphatic carbocycles. The molecular weight excluding hydrogens is 338 g/mol.